The summed E-state index contributed by atoms with van der Waals surface area (Å²) >= 11 is 0. The highest BCUT2D eigenvalue weighted by Crippen LogP contribution is 2.20. The molecular weight excluding hydrogens is 264 g/mol. The van der Waals surface area contributed by atoms with Gasteiger partial charge in [-0.3, -0.25) is 9.89 Å². The Morgan fingerprint density at radius 3 is 2.95 bits per heavy atom. The summed E-state index contributed by atoms with van der Waals surface area (Å²) in [5.74, 6) is 2.20. The van der Waals surface area contributed by atoms with Gasteiger partial charge in [-0.15, -0.1) is 6.42 Å². The molecule has 5 nitrogen and oxygen atoms in total. The van der Waals surface area contributed by atoms with Gasteiger partial charge in [0.15, 0.2) is 5.69 Å². The smallest absolute Gasteiger partial charge is 0.276 e. The van der Waals surface area contributed by atoms with Crippen LogP contribution in [-0.2, 0) is 0 Å². The van der Waals surface area contributed by atoms with Crippen LogP contribution in [0.3, 0.4) is 0 Å². The molecule has 1 aromatic heterocycles. The van der Waals surface area contributed by atoms with Gasteiger partial charge in [-0.2, -0.15) is 5.10 Å². The van der Waals surface area contributed by atoms with Crippen LogP contribution in [0, 0.1) is 12.3 Å². The number of nitrogens with two attached hydrogens (primary N) is 1. The van der Waals surface area contributed by atoms with E-state index in [1.54, 1.807) is 42.5 Å². The molecular formula is C16H12N4O. The molecule has 0 bridgehead atoms. The molecule has 5 heteroatoms. The number of nitrogen functional groups attached to an aromatic ring is 1. The average molecular weight is 276 g/mol. The van der Waals surface area contributed by atoms with Crippen LogP contribution >= 0.6 is 0 Å². The molecule has 0 fully saturated rings. The van der Waals surface area contributed by atoms with Gasteiger partial charge in [0.1, 0.15) is 0 Å². The van der Waals surface area contributed by atoms with Crippen LogP contribution in [0.15, 0.2) is 42.5 Å². The summed E-state index contributed by atoms with van der Waals surface area (Å²) in [6.45, 7) is 0. The number of amides is 1. The van der Waals surface area contributed by atoms with Gasteiger partial charge in [0.25, 0.3) is 5.91 Å². The number of anilines is 2. The molecule has 3 rings (SSSR count). The van der Waals surface area contributed by atoms with Gasteiger partial charge in [-0.05, 0) is 36.4 Å². The highest BCUT2D eigenvalue weighted by atomic mass is 16.1. The Hall–Kier alpha value is -3.26. The van der Waals surface area contributed by atoms with Crippen molar-refractivity contribution in [1.82, 2.24) is 10.2 Å². The molecule has 0 atom stereocenters. The van der Waals surface area contributed by atoms with E-state index in [0.717, 1.165) is 5.52 Å². The second kappa shape index (κ2) is 5.02. The lowest BCUT2D eigenvalue weighted by Gasteiger charge is -2.04. The zero-order chi connectivity index (χ0) is 14.8. The van der Waals surface area contributed by atoms with Crippen molar-refractivity contribution in [3.63, 3.8) is 0 Å². The number of carbonyl (C=O) groups excluding carboxylic acids is 1. The fourth-order valence-electron chi connectivity index (χ4n) is 2.08. The minimum atomic E-state index is -0.318. The lowest BCUT2D eigenvalue weighted by atomic mass is 10.1. The number of nitrogens with zero attached hydrogens (tertiary/aromatic N) is 1. The number of aromatic amines is 1. The largest absolute Gasteiger partial charge is 0.399 e. The lowest BCUT2D eigenvalue weighted by molar-refractivity contribution is 0.102. The number of terminal acetylenes is 1. The molecule has 0 unspecified atom stereocenters. The molecule has 0 spiro atoms. The number of nitrogens with one attached hydrogen (secondary N) is 2. The molecule has 4 N–H and O–H groups in total. The first-order valence-electron chi connectivity index (χ1n) is 6.29. The van der Waals surface area contributed by atoms with E-state index in [9.17, 15) is 4.79 Å². The van der Waals surface area contributed by atoms with E-state index in [2.05, 4.69) is 21.4 Å². The summed E-state index contributed by atoms with van der Waals surface area (Å²) in [6, 6.07) is 12.3. The Labute approximate surface area is 121 Å². The summed E-state index contributed by atoms with van der Waals surface area (Å²) in [7, 11) is 0. The Morgan fingerprint density at radius 2 is 2.14 bits per heavy atom. The predicted octanol–water partition coefficient (Wildman–Crippen LogP) is 2.38. The third kappa shape index (κ3) is 2.42. The highest BCUT2D eigenvalue weighted by Gasteiger charge is 2.14. The Bertz CT molecular complexity index is 873. The maximum Gasteiger partial charge on any atom is 0.276 e. The Morgan fingerprint density at radius 1 is 1.29 bits per heavy atom. The standard InChI is InChI=1S/C16H12N4O/c1-2-10-4-3-5-12(8-10)18-16(21)15-13-9-11(17)6-7-14(13)19-20-15/h1,3-9H,17H2,(H,18,21)(H,19,20). The first-order valence-corrected chi connectivity index (χ1v) is 6.29. The lowest BCUT2D eigenvalue weighted by Crippen LogP contribution is -2.12. The van der Waals surface area contributed by atoms with Crippen molar-refractivity contribution in [3.8, 4) is 12.3 Å². The number of aromatic nitrogens is 2. The van der Waals surface area contributed by atoms with Gasteiger partial charge < -0.3 is 11.1 Å². The summed E-state index contributed by atoms with van der Waals surface area (Å²) in [5.41, 5.74) is 8.69. The molecule has 21 heavy (non-hydrogen) atoms. The van der Waals surface area contributed by atoms with E-state index in [0.29, 0.717) is 28.0 Å². The average Bonchev–Trinajstić information content (AvgIpc) is 2.90. The van der Waals surface area contributed by atoms with E-state index >= 15 is 0 Å². The fraction of sp³-hybridized carbons (Fsp3) is 0. The molecule has 0 aliphatic carbocycles. The van der Waals surface area contributed by atoms with Gasteiger partial charge in [0.2, 0.25) is 0 Å². The molecule has 1 heterocycles. The normalized spacial score (nSPS) is 10.2. The van der Waals surface area contributed by atoms with Gasteiger partial charge in [0.05, 0.1) is 5.52 Å². The molecule has 0 aliphatic heterocycles. The van der Waals surface area contributed by atoms with Crippen molar-refractivity contribution in [2.45, 2.75) is 0 Å². The molecule has 102 valence electrons. The maximum atomic E-state index is 12.3. The number of hydrogen-bond donors (Lipinski definition) is 3. The van der Waals surface area contributed by atoms with E-state index < -0.39 is 0 Å². The van der Waals surface area contributed by atoms with Crippen molar-refractivity contribution in [2.75, 3.05) is 11.1 Å². The van der Waals surface area contributed by atoms with Gasteiger partial charge in [-0.1, -0.05) is 12.0 Å². The molecule has 3 aromatic rings. The Balaban J connectivity index is 1.94. The second-order valence-electron chi connectivity index (χ2n) is 4.56. The SMILES string of the molecule is C#Cc1cccc(NC(=O)c2n[nH]c3ccc(N)cc23)c1. The minimum absolute atomic E-state index is 0.295. The predicted molar refractivity (Wildman–Crippen MR) is 82.8 cm³/mol. The zero-order valence-electron chi connectivity index (χ0n) is 11.1. The van der Waals surface area contributed by atoms with Gasteiger partial charge in [-0.25, -0.2) is 0 Å². The summed E-state index contributed by atoms with van der Waals surface area (Å²) in [5, 5.41) is 10.3. The second-order valence-corrected chi connectivity index (χ2v) is 4.56. The van der Waals surface area contributed by atoms with Crippen LogP contribution in [0.5, 0.6) is 0 Å². The van der Waals surface area contributed by atoms with Crippen molar-refractivity contribution >= 4 is 28.2 Å². The van der Waals surface area contributed by atoms with Gasteiger partial charge >= 0.3 is 0 Å². The van der Waals surface area contributed by atoms with Crippen molar-refractivity contribution in [2.24, 2.45) is 0 Å². The number of hydrogen-bond acceptors (Lipinski definition) is 3. The van der Waals surface area contributed by atoms with Crippen LogP contribution in [0.4, 0.5) is 11.4 Å². The third-order valence-corrected chi connectivity index (χ3v) is 3.09. The molecule has 0 saturated carbocycles. The highest BCUT2D eigenvalue weighted by molar-refractivity contribution is 6.11. The van der Waals surface area contributed by atoms with E-state index in [-0.39, 0.29) is 5.91 Å². The van der Waals surface area contributed by atoms with Crippen LogP contribution in [-0.4, -0.2) is 16.1 Å². The van der Waals surface area contributed by atoms with Crippen LogP contribution in [0.2, 0.25) is 0 Å². The molecule has 2 aromatic carbocycles. The van der Waals surface area contributed by atoms with Crippen LogP contribution in [0.25, 0.3) is 10.9 Å². The summed E-state index contributed by atoms with van der Waals surface area (Å²) < 4.78 is 0. The fourth-order valence-corrected chi connectivity index (χ4v) is 2.08. The van der Waals surface area contributed by atoms with Crippen LogP contribution < -0.4 is 11.1 Å². The molecule has 0 aliphatic rings. The minimum Gasteiger partial charge on any atom is -0.399 e. The monoisotopic (exact) mass is 276 g/mol. The topological polar surface area (TPSA) is 83.8 Å². The number of carbonyl (C=O) groups is 1. The number of fused-ring (bicyclic) bond motifs is 1. The number of rotatable bonds is 2. The van der Waals surface area contributed by atoms with Gasteiger partial charge in [0, 0.05) is 22.3 Å². The van der Waals surface area contributed by atoms with E-state index in [1.807, 2.05) is 0 Å². The first kappa shape index (κ1) is 12.8. The molecule has 0 saturated heterocycles. The van der Waals surface area contributed by atoms with Crippen molar-refractivity contribution in [1.29, 1.82) is 0 Å². The van der Waals surface area contributed by atoms with Crippen molar-refractivity contribution < 1.29 is 4.79 Å². The zero-order valence-corrected chi connectivity index (χ0v) is 11.1. The summed E-state index contributed by atoms with van der Waals surface area (Å²) in [6.07, 6.45) is 5.34. The molecule has 0 radical (unpaired) electrons. The Kier molecular flexibility index (Phi) is 3.05. The third-order valence-electron chi connectivity index (χ3n) is 3.09. The number of benzene rings is 2. The maximum absolute atomic E-state index is 12.3. The quantitative estimate of drug-likeness (QED) is 0.496. The van der Waals surface area contributed by atoms with E-state index in [4.69, 9.17) is 12.2 Å². The first-order chi connectivity index (χ1) is 10.2. The summed E-state index contributed by atoms with van der Waals surface area (Å²) in [4.78, 5) is 12.3. The van der Waals surface area contributed by atoms with Crippen molar-refractivity contribution in [3.05, 3.63) is 53.7 Å². The number of H-pyrrole nitrogens is 1. The van der Waals surface area contributed by atoms with Crippen LogP contribution in [0.1, 0.15) is 16.1 Å². The molecule has 1 amide bonds. The van der Waals surface area contributed by atoms with E-state index in [1.165, 1.54) is 0 Å².